The van der Waals surface area contributed by atoms with Crippen molar-refractivity contribution in [1.82, 2.24) is 15.1 Å². The van der Waals surface area contributed by atoms with Gasteiger partial charge in [-0.05, 0) is 60.7 Å². The molecule has 0 bridgehead atoms. The van der Waals surface area contributed by atoms with Crippen molar-refractivity contribution < 1.29 is 9.18 Å². The molecule has 1 aliphatic heterocycles. The third kappa shape index (κ3) is 2.93. The summed E-state index contributed by atoms with van der Waals surface area (Å²) in [6, 6.07) is 12.1. The number of hydrogen-bond donors (Lipinski definition) is 1. The minimum Gasteiger partial charge on any atom is -0.340 e. The zero-order valence-electron chi connectivity index (χ0n) is 15.9. The summed E-state index contributed by atoms with van der Waals surface area (Å²) >= 11 is 0. The third-order valence-electron chi connectivity index (χ3n) is 4.93. The number of nitrogens with zero attached hydrogens (tertiary/aromatic N) is 2. The normalized spacial score (nSPS) is 15.9. The monoisotopic (exact) mass is 363 g/mol. The molecule has 4 nitrogen and oxygen atoms in total. The fourth-order valence-corrected chi connectivity index (χ4v) is 3.81. The van der Waals surface area contributed by atoms with Gasteiger partial charge in [-0.3, -0.25) is 4.79 Å². The van der Waals surface area contributed by atoms with Gasteiger partial charge in [-0.25, -0.2) is 9.07 Å². The third-order valence-corrected chi connectivity index (χ3v) is 4.93. The summed E-state index contributed by atoms with van der Waals surface area (Å²) in [7, 11) is 0. The highest BCUT2D eigenvalue weighted by atomic mass is 19.1. The fraction of sp³-hybridized carbons (Fsp3) is 0.273. The standard InChI is InChI=1S/C22H22FN3O/c1-12(2)19-18-20(15-5-7-16(23)8-6-15)24-22(27)21(18)26(25-19)17-10-13(3)9-14(4)11-17/h5-12,20H,1-4H3,(H,24,27). The molecule has 0 spiro atoms. The van der Waals surface area contributed by atoms with Crippen LogP contribution in [0.4, 0.5) is 4.39 Å². The maximum atomic E-state index is 13.4. The number of aromatic nitrogens is 2. The van der Waals surface area contributed by atoms with E-state index in [1.807, 2.05) is 26.0 Å². The molecule has 138 valence electrons. The Hall–Kier alpha value is -2.95. The van der Waals surface area contributed by atoms with Crippen LogP contribution in [0, 0.1) is 19.7 Å². The van der Waals surface area contributed by atoms with E-state index >= 15 is 0 Å². The lowest BCUT2D eigenvalue weighted by molar-refractivity contribution is 0.0953. The SMILES string of the molecule is Cc1cc(C)cc(-n2nc(C(C)C)c3c2C(=O)NC3c2ccc(F)cc2)c1. The Morgan fingerprint density at radius 2 is 1.70 bits per heavy atom. The molecule has 0 saturated carbocycles. The molecule has 27 heavy (non-hydrogen) atoms. The molecule has 4 rings (SSSR count). The maximum absolute atomic E-state index is 13.4. The molecule has 1 N–H and O–H groups in total. The first-order chi connectivity index (χ1) is 12.8. The Kier molecular flexibility index (Phi) is 4.10. The average molecular weight is 363 g/mol. The van der Waals surface area contributed by atoms with E-state index < -0.39 is 0 Å². The predicted molar refractivity (Wildman–Crippen MR) is 103 cm³/mol. The number of hydrogen-bond acceptors (Lipinski definition) is 2. The molecule has 2 aromatic carbocycles. The van der Waals surface area contributed by atoms with Gasteiger partial charge in [0.15, 0.2) is 0 Å². The second kappa shape index (κ2) is 6.34. The number of nitrogens with one attached hydrogen (secondary N) is 1. The first kappa shape index (κ1) is 17.5. The number of rotatable bonds is 3. The van der Waals surface area contributed by atoms with Crippen LogP contribution in [0.5, 0.6) is 0 Å². The highest BCUT2D eigenvalue weighted by molar-refractivity contribution is 5.99. The number of aryl methyl sites for hydroxylation is 2. The molecule has 1 unspecified atom stereocenters. The maximum Gasteiger partial charge on any atom is 0.271 e. The molecule has 1 amide bonds. The van der Waals surface area contributed by atoms with Crippen molar-refractivity contribution in [2.45, 2.75) is 39.7 Å². The van der Waals surface area contributed by atoms with Crippen LogP contribution in [-0.2, 0) is 0 Å². The number of carbonyl (C=O) groups excluding carboxylic acids is 1. The van der Waals surface area contributed by atoms with Crippen molar-refractivity contribution in [2.24, 2.45) is 0 Å². The molecule has 1 aromatic heterocycles. The second-order valence-electron chi connectivity index (χ2n) is 7.52. The highest BCUT2D eigenvalue weighted by Gasteiger charge is 2.38. The molecular weight excluding hydrogens is 341 g/mol. The lowest BCUT2D eigenvalue weighted by Crippen LogP contribution is -2.23. The second-order valence-corrected chi connectivity index (χ2v) is 7.52. The largest absolute Gasteiger partial charge is 0.340 e. The van der Waals surface area contributed by atoms with E-state index in [0.29, 0.717) is 5.69 Å². The summed E-state index contributed by atoms with van der Waals surface area (Å²) in [5.41, 5.74) is 6.31. The summed E-state index contributed by atoms with van der Waals surface area (Å²) in [5.74, 6) is -0.294. The number of halogens is 1. The molecule has 0 saturated heterocycles. The Balaban J connectivity index is 1.93. The topological polar surface area (TPSA) is 46.9 Å². The Bertz CT molecular complexity index is 1010. The van der Waals surface area contributed by atoms with Crippen LogP contribution in [0.2, 0.25) is 0 Å². The van der Waals surface area contributed by atoms with E-state index in [-0.39, 0.29) is 23.7 Å². The summed E-state index contributed by atoms with van der Waals surface area (Å²) in [6.07, 6.45) is 0. The van der Waals surface area contributed by atoms with Crippen LogP contribution in [0.1, 0.15) is 64.2 Å². The van der Waals surface area contributed by atoms with E-state index in [2.05, 4.69) is 25.2 Å². The molecule has 0 aliphatic carbocycles. The summed E-state index contributed by atoms with van der Waals surface area (Å²) in [4.78, 5) is 12.9. The van der Waals surface area contributed by atoms with E-state index in [1.54, 1.807) is 16.8 Å². The van der Waals surface area contributed by atoms with Gasteiger partial charge in [-0.2, -0.15) is 5.10 Å². The minimum atomic E-state index is -0.315. The zero-order chi connectivity index (χ0) is 19.3. The number of benzene rings is 2. The lowest BCUT2D eigenvalue weighted by atomic mass is 9.95. The van der Waals surface area contributed by atoms with E-state index in [0.717, 1.165) is 33.6 Å². The first-order valence-electron chi connectivity index (χ1n) is 9.13. The summed E-state index contributed by atoms with van der Waals surface area (Å²) < 4.78 is 15.1. The van der Waals surface area contributed by atoms with Crippen LogP contribution in [0.3, 0.4) is 0 Å². The van der Waals surface area contributed by atoms with E-state index in [1.165, 1.54) is 12.1 Å². The average Bonchev–Trinajstić information content (AvgIpc) is 3.14. The molecule has 0 fully saturated rings. The van der Waals surface area contributed by atoms with Gasteiger partial charge in [-0.1, -0.05) is 32.0 Å². The minimum absolute atomic E-state index is 0.154. The first-order valence-corrected chi connectivity index (χ1v) is 9.13. The van der Waals surface area contributed by atoms with Gasteiger partial charge in [-0.15, -0.1) is 0 Å². The fourth-order valence-electron chi connectivity index (χ4n) is 3.81. The van der Waals surface area contributed by atoms with E-state index in [9.17, 15) is 9.18 Å². The lowest BCUT2D eigenvalue weighted by Gasteiger charge is -2.14. The molecular formula is C22H22FN3O. The van der Waals surface area contributed by atoms with Crippen LogP contribution in [0.15, 0.2) is 42.5 Å². The van der Waals surface area contributed by atoms with Crippen molar-refractivity contribution in [3.8, 4) is 5.69 Å². The van der Waals surface area contributed by atoms with Gasteiger partial charge in [0.2, 0.25) is 0 Å². The molecule has 5 heteroatoms. The van der Waals surface area contributed by atoms with E-state index in [4.69, 9.17) is 5.10 Å². The Morgan fingerprint density at radius 3 is 2.30 bits per heavy atom. The molecule has 1 aliphatic rings. The molecule has 0 radical (unpaired) electrons. The van der Waals surface area contributed by atoms with Crippen LogP contribution < -0.4 is 5.32 Å². The van der Waals surface area contributed by atoms with Crippen molar-refractivity contribution in [3.63, 3.8) is 0 Å². The number of fused-ring (bicyclic) bond motifs is 1. The highest BCUT2D eigenvalue weighted by Crippen LogP contribution is 2.37. The summed E-state index contributed by atoms with van der Waals surface area (Å²) in [5, 5.41) is 7.86. The Labute approximate surface area is 158 Å². The van der Waals surface area contributed by atoms with Crippen molar-refractivity contribution in [3.05, 3.63) is 81.9 Å². The van der Waals surface area contributed by atoms with Gasteiger partial charge in [0.05, 0.1) is 17.4 Å². The number of carbonyl (C=O) groups is 1. The van der Waals surface area contributed by atoms with Crippen LogP contribution in [-0.4, -0.2) is 15.7 Å². The molecule has 3 aromatic rings. The smallest absolute Gasteiger partial charge is 0.271 e. The Morgan fingerprint density at radius 1 is 1.07 bits per heavy atom. The molecule has 1 atom stereocenters. The van der Waals surface area contributed by atoms with Crippen molar-refractivity contribution in [2.75, 3.05) is 0 Å². The predicted octanol–water partition coefficient (Wildman–Crippen LogP) is 4.58. The van der Waals surface area contributed by atoms with Crippen LogP contribution in [0.25, 0.3) is 5.69 Å². The van der Waals surface area contributed by atoms with Gasteiger partial charge >= 0.3 is 0 Å². The molecule has 2 heterocycles. The van der Waals surface area contributed by atoms with Crippen molar-refractivity contribution in [1.29, 1.82) is 0 Å². The van der Waals surface area contributed by atoms with Gasteiger partial charge in [0, 0.05) is 5.56 Å². The van der Waals surface area contributed by atoms with Gasteiger partial charge in [0.1, 0.15) is 11.5 Å². The van der Waals surface area contributed by atoms with Gasteiger partial charge in [0.25, 0.3) is 5.91 Å². The quantitative estimate of drug-likeness (QED) is 0.740. The zero-order valence-corrected chi connectivity index (χ0v) is 15.9. The van der Waals surface area contributed by atoms with Crippen molar-refractivity contribution >= 4 is 5.91 Å². The van der Waals surface area contributed by atoms with Crippen LogP contribution >= 0.6 is 0 Å². The summed E-state index contributed by atoms with van der Waals surface area (Å²) in [6.45, 7) is 8.20. The number of amides is 1. The van der Waals surface area contributed by atoms with Gasteiger partial charge < -0.3 is 5.32 Å².